The molecule has 1 aliphatic rings. The molecule has 0 spiro atoms. The van der Waals surface area contributed by atoms with E-state index in [9.17, 15) is 22.0 Å². The van der Waals surface area contributed by atoms with Gasteiger partial charge < -0.3 is 0 Å². The molecule has 0 heterocycles. The zero-order valence-electron chi connectivity index (χ0n) is 15.7. The van der Waals surface area contributed by atoms with Crippen LogP contribution >= 0.6 is 0 Å². The van der Waals surface area contributed by atoms with E-state index in [1.807, 2.05) is 24.3 Å². The van der Waals surface area contributed by atoms with Gasteiger partial charge in [-0.05, 0) is 72.4 Å². The molecule has 1 aliphatic carbocycles. The number of benzene rings is 2. The fourth-order valence-electron chi connectivity index (χ4n) is 3.94. The van der Waals surface area contributed by atoms with E-state index < -0.39 is 23.4 Å². The Bertz CT molecular complexity index is 802. The molecule has 0 amide bonds. The summed E-state index contributed by atoms with van der Waals surface area (Å²) in [6.45, 7) is 2.22. The minimum atomic E-state index is -4.62. The van der Waals surface area contributed by atoms with E-state index in [4.69, 9.17) is 0 Å². The Morgan fingerprint density at radius 2 is 1.46 bits per heavy atom. The molecule has 1 fully saturated rings. The van der Waals surface area contributed by atoms with Crippen molar-refractivity contribution < 1.29 is 22.0 Å². The van der Waals surface area contributed by atoms with Gasteiger partial charge in [-0.2, -0.15) is 13.2 Å². The van der Waals surface area contributed by atoms with Gasteiger partial charge in [0.15, 0.2) is 0 Å². The van der Waals surface area contributed by atoms with Gasteiger partial charge in [-0.1, -0.05) is 37.6 Å². The first-order valence-corrected chi connectivity index (χ1v) is 9.62. The zero-order chi connectivity index (χ0) is 20.3. The Hall–Kier alpha value is -2.17. The molecule has 2 aromatic rings. The molecule has 0 saturated heterocycles. The third-order valence-corrected chi connectivity index (χ3v) is 5.66. The maximum atomic E-state index is 14.2. The minimum Gasteiger partial charge on any atom is -0.206 e. The smallest absolute Gasteiger partial charge is 0.206 e. The summed E-state index contributed by atoms with van der Waals surface area (Å²) in [5.74, 6) is -0.707. The van der Waals surface area contributed by atoms with E-state index in [0.717, 1.165) is 30.9 Å². The average Bonchev–Trinajstić information content (AvgIpc) is 2.66. The summed E-state index contributed by atoms with van der Waals surface area (Å²) in [6, 6.07) is 9.75. The second kappa shape index (κ2) is 8.46. The lowest BCUT2D eigenvalue weighted by Gasteiger charge is -2.28. The summed E-state index contributed by atoms with van der Waals surface area (Å²) in [4.78, 5) is 0. The topological polar surface area (TPSA) is 0 Å². The first-order valence-electron chi connectivity index (χ1n) is 9.62. The largest absolute Gasteiger partial charge is 0.409 e. The number of hydrogen-bond donors (Lipinski definition) is 0. The molecule has 5 heteroatoms. The second-order valence-corrected chi connectivity index (χ2v) is 7.48. The summed E-state index contributed by atoms with van der Waals surface area (Å²) in [5.41, 5.74) is 1.48. The lowest BCUT2D eigenvalue weighted by atomic mass is 9.77. The number of halogens is 5. The van der Waals surface area contributed by atoms with E-state index in [1.165, 1.54) is 24.8 Å². The third kappa shape index (κ3) is 5.00. The summed E-state index contributed by atoms with van der Waals surface area (Å²) < 4.78 is 65.1. The van der Waals surface area contributed by atoms with Crippen LogP contribution in [-0.4, -0.2) is 6.18 Å². The van der Waals surface area contributed by atoms with Crippen LogP contribution in [0, 0.1) is 17.6 Å². The summed E-state index contributed by atoms with van der Waals surface area (Å²) >= 11 is 0. The van der Waals surface area contributed by atoms with Crippen LogP contribution in [-0.2, 0) is 0 Å². The normalized spacial score (nSPS) is 20.6. The first kappa shape index (κ1) is 20.6. The Labute approximate surface area is 162 Å². The highest BCUT2D eigenvalue weighted by molar-refractivity contribution is 5.67. The van der Waals surface area contributed by atoms with Crippen molar-refractivity contribution in [1.82, 2.24) is 0 Å². The molecule has 0 aliphatic heterocycles. The second-order valence-electron chi connectivity index (χ2n) is 7.48. The summed E-state index contributed by atoms with van der Waals surface area (Å²) in [6.07, 6.45) is 1.61. The van der Waals surface area contributed by atoms with Gasteiger partial charge in [0.2, 0.25) is 0 Å². The van der Waals surface area contributed by atoms with Crippen molar-refractivity contribution in [1.29, 1.82) is 0 Å². The van der Waals surface area contributed by atoms with Crippen LogP contribution in [0.2, 0.25) is 0 Å². The fraction of sp³-hybridized carbons (Fsp3) is 0.391. The van der Waals surface area contributed by atoms with Gasteiger partial charge in [0.25, 0.3) is 0 Å². The van der Waals surface area contributed by atoms with E-state index >= 15 is 0 Å². The van der Waals surface area contributed by atoms with Crippen LogP contribution in [0.3, 0.4) is 0 Å². The molecule has 3 rings (SSSR count). The standard InChI is InChI=1S/C23H23F5/c1-2-15-3-5-16(6-4-15)17-7-9-18(10-8-17)19-13-21(24)20(22(25)14-19)11-12-23(26,27)28/h7-16H,2-6H2,1H3. The van der Waals surface area contributed by atoms with E-state index in [0.29, 0.717) is 23.1 Å². The van der Waals surface area contributed by atoms with Crippen LogP contribution in [0.1, 0.15) is 56.1 Å². The lowest BCUT2D eigenvalue weighted by Crippen LogP contribution is -2.12. The van der Waals surface area contributed by atoms with Gasteiger partial charge in [0.05, 0.1) is 0 Å². The maximum Gasteiger partial charge on any atom is 0.409 e. The molecule has 150 valence electrons. The molecule has 1 saturated carbocycles. The molecule has 28 heavy (non-hydrogen) atoms. The number of rotatable bonds is 4. The Morgan fingerprint density at radius 1 is 0.893 bits per heavy atom. The van der Waals surface area contributed by atoms with Crippen molar-refractivity contribution in [2.24, 2.45) is 5.92 Å². The van der Waals surface area contributed by atoms with E-state index in [1.54, 1.807) is 0 Å². The Kier molecular flexibility index (Phi) is 6.21. The van der Waals surface area contributed by atoms with Crippen LogP contribution in [0.5, 0.6) is 0 Å². The average molecular weight is 394 g/mol. The number of hydrogen-bond acceptors (Lipinski definition) is 0. The SMILES string of the molecule is CCC1CCC(c2ccc(-c3cc(F)c(C=CC(F)(F)F)c(F)c3)cc2)CC1. The molecule has 0 radical (unpaired) electrons. The molecule has 0 N–H and O–H groups in total. The van der Waals surface area contributed by atoms with Crippen LogP contribution in [0.15, 0.2) is 42.5 Å². The molecule has 0 nitrogen and oxygen atoms in total. The predicted octanol–water partition coefficient (Wildman–Crippen LogP) is 7.89. The van der Waals surface area contributed by atoms with Gasteiger partial charge in [-0.25, -0.2) is 8.78 Å². The summed E-state index contributed by atoms with van der Waals surface area (Å²) in [5, 5.41) is 0. The molecular weight excluding hydrogens is 371 g/mol. The van der Waals surface area contributed by atoms with Crippen molar-refractivity contribution in [3.05, 3.63) is 65.2 Å². The lowest BCUT2D eigenvalue weighted by molar-refractivity contribution is -0.0790. The summed E-state index contributed by atoms with van der Waals surface area (Å²) in [7, 11) is 0. The quantitative estimate of drug-likeness (QED) is 0.463. The van der Waals surface area contributed by atoms with Crippen molar-refractivity contribution in [2.75, 3.05) is 0 Å². The van der Waals surface area contributed by atoms with Crippen molar-refractivity contribution in [3.8, 4) is 11.1 Å². The number of allylic oxidation sites excluding steroid dienone is 1. The Balaban J connectivity index is 1.78. The van der Waals surface area contributed by atoms with Gasteiger partial charge in [-0.15, -0.1) is 0 Å². The van der Waals surface area contributed by atoms with Crippen LogP contribution in [0.4, 0.5) is 22.0 Å². The molecule has 0 unspecified atom stereocenters. The van der Waals surface area contributed by atoms with Crippen LogP contribution < -0.4 is 0 Å². The molecule has 0 atom stereocenters. The van der Waals surface area contributed by atoms with Gasteiger partial charge in [0, 0.05) is 11.6 Å². The first-order chi connectivity index (χ1) is 13.3. The molecule has 0 bridgehead atoms. The zero-order valence-corrected chi connectivity index (χ0v) is 15.7. The highest BCUT2D eigenvalue weighted by Crippen LogP contribution is 2.37. The molecular formula is C23H23F5. The minimum absolute atomic E-state index is 0.170. The van der Waals surface area contributed by atoms with Crippen LogP contribution in [0.25, 0.3) is 17.2 Å². The fourth-order valence-corrected chi connectivity index (χ4v) is 3.94. The molecule has 0 aromatic heterocycles. The molecule has 2 aromatic carbocycles. The van der Waals surface area contributed by atoms with Crippen molar-refractivity contribution >= 4 is 6.08 Å². The van der Waals surface area contributed by atoms with Crippen molar-refractivity contribution in [3.63, 3.8) is 0 Å². The van der Waals surface area contributed by atoms with Gasteiger partial charge >= 0.3 is 6.18 Å². The monoisotopic (exact) mass is 394 g/mol. The van der Waals surface area contributed by atoms with Gasteiger partial charge in [0.1, 0.15) is 11.6 Å². The highest BCUT2D eigenvalue weighted by atomic mass is 19.4. The maximum absolute atomic E-state index is 14.2. The van der Waals surface area contributed by atoms with Gasteiger partial charge in [-0.3, -0.25) is 0 Å². The predicted molar refractivity (Wildman–Crippen MR) is 102 cm³/mol. The number of alkyl halides is 3. The van der Waals surface area contributed by atoms with E-state index in [2.05, 4.69) is 6.92 Å². The third-order valence-electron chi connectivity index (χ3n) is 5.66. The highest BCUT2D eigenvalue weighted by Gasteiger charge is 2.23. The van der Waals surface area contributed by atoms with E-state index in [-0.39, 0.29) is 6.08 Å². The Morgan fingerprint density at radius 3 is 1.96 bits per heavy atom. The van der Waals surface area contributed by atoms with Crippen molar-refractivity contribution in [2.45, 2.75) is 51.1 Å².